The molecule has 1 atom stereocenters. The molecule has 0 aliphatic carbocycles. The highest BCUT2D eigenvalue weighted by atomic mass is 19.1. The summed E-state index contributed by atoms with van der Waals surface area (Å²) >= 11 is 0. The normalized spacial score (nSPS) is 18.4. The molecule has 2 amide bonds. The first kappa shape index (κ1) is 23.5. The zero-order chi connectivity index (χ0) is 26.7. The number of benzene rings is 4. The first-order valence-corrected chi connectivity index (χ1v) is 13.0. The number of amides is 2. The maximum atomic E-state index is 14.2. The number of hydrogen-bond donors (Lipinski definition) is 1. The number of para-hydroxylation sites is 1. The Bertz CT molecular complexity index is 1670. The van der Waals surface area contributed by atoms with E-state index < -0.39 is 5.41 Å². The molecule has 7 heteroatoms. The summed E-state index contributed by atoms with van der Waals surface area (Å²) in [6, 6.07) is 23.6. The summed E-state index contributed by atoms with van der Waals surface area (Å²) in [5, 5.41) is 2.77. The van der Waals surface area contributed by atoms with Crippen LogP contribution in [0.3, 0.4) is 0 Å². The summed E-state index contributed by atoms with van der Waals surface area (Å²) in [6.45, 7) is 2.86. The van der Waals surface area contributed by atoms with E-state index >= 15 is 0 Å². The summed E-state index contributed by atoms with van der Waals surface area (Å²) in [5.41, 5.74) is 5.05. The third-order valence-electron chi connectivity index (χ3n) is 8.03. The molecule has 0 radical (unpaired) electrons. The zero-order valence-corrected chi connectivity index (χ0v) is 21.3. The molecule has 194 valence electrons. The van der Waals surface area contributed by atoms with E-state index in [9.17, 15) is 14.0 Å². The van der Waals surface area contributed by atoms with Crippen LogP contribution in [-0.4, -0.2) is 25.0 Å². The van der Waals surface area contributed by atoms with E-state index in [0.717, 1.165) is 40.1 Å². The fourth-order valence-electron chi connectivity index (χ4n) is 5.89. The van der Waals surface area contributed by atoms with Crippen molar-refractivity contribution in [1.29, 1.82) is 0 Å². The maximum Gasteiger partial charge on any atom is 0.255 e. The van der Waals surface area contributed by atoms with Gasteiger partial charge in [-0.2, -0.15) is 0 Å². The van der Waals surface area contributed by atoms with E-state index in [-0.39, 0.29) is 24.2 Å². The van der Waals surface area contributed by atoms with Gasteiger partial charge in [-0.1, -0.05) is 36.4 Å². The molecule has 39 heavy (non-hydrogen) atoms. The molecule has 0 fully saturated rings. The molecule has 1 N–H and O–H groups in total. The number of nitrogens with one attached hydrogen (secondary N) is 1. The molecule has 3 heterocycles. The minimum Gasteiger partial charge on any atom is -0.493 e. The second kappa shape index (κ2) is 8.70. The molecular weight excluding hydrogens is 495 g/mol. The lowest BCUT2D eigenvalue weighted by Gasteiger charge is -2.23. The second-order valence-corrected chi connectivity index (χ2v) is 10.2. The SMILES string of the molecule is Cc1c(F)cccc1NC(=O)c1ccc(CN2C(=O)C3(COc4cc5c(cc43)CCO5)c3ccccc32)cc1. The highest BCUT2D eigenvalue weighted by Gasteiger charge is 2.57. The van der Waals surface area contributed by atoms with Crippen LogP contribution in [0.1, 0.15) is 38.2 Å². The number of fused-ring (bicyclic) bond motifs is 5. The van der Waals surface area contributed by atoms with Crippen LogP contribution >= 0.6 is 0 Å². The first-order valence-electron chi connectivity index (χ1n) is 13.0. The second-order valence-electron chi connectivity index (χ2n) is 10.2. The lowest BCUT2D eigenvalue weighted by Crippen LogP contribution is -2.42. The molecule has 0 saturated carbocycles. The van der Waals surface area contributed by atoms with Crippen molar-refractivity contribution < 1.29 is 23.5 Å². The average Bonchev–Trinajstić information content (AvgIpc) is 3.63. The van der Waals surface area contributed by atoms with Crippen LogP contribution < -0.4 is 19.7 Å². The number of rotatable bonds is 4. The predicted molar refractivity (Wildman–Crippen MR) is 145 cm³/mol. The van der Waals surface area contributed by atoms with Gasteiger partial charge in [-0.25, -0.2) is 4.39 Å². The largest absolute Gasteiger partial charge is 0.493 e. The summed E-state index contributed by atoms with van der Waals surface area (Å²) in [4.78, 5) is 28.8. The van der Waals surface area contributed by atoms with E-state index in [2.05, 4.69) is 11.4 Å². The van der Waals surface area contributed by atoms with Crippen LogP contribution in [0, 0.1) is 12.7 Å². The van der Waals surface area contributed by atoms with E-state index in [4.69, 9.17) is 9.47 Å². The molecule has 3 aliphatic rings. The molecule has 0 aromatic heterocycles. The van der Waals surface area contributed by atoms with E-state index in [1.54, 1.807) is 31.2 Å². The molecule has 1 spiro atoms. The number of nitrogens with zero attached hydrogens (tertiary/aromatic N) is 1. The van der Waals surface area contributed by atoms with Crippen LogP contribution in [0.15, 0.2) is 78.9 Å². The van der Waals surface area contributed by atoms with Crippen molar-refractivity contribution in [2.45, 2.75) is 25.3 Å². The Morgan fingerprint density at radius 3 is 2.64 bits per heavy atom. The molecular formula is C32H25FN2O4. The summed E-state index contributed by atoms with van der Waals surface area (Å²) in [7, 11) is 0. The summed E-state index contributed by atoms with van der Waals surface area (Å²) < 4.78 is 25.7. The Labute approximate surface area is 225 Å². The smallest absolute Gasteiger partial charge is 0.255 e. The van der Waals surface area contributed by atoms with E-state index in [0.29, 0.717) is 35.7 Å². The fraction of sp³-hybridized carbons (Fsp3) is 0.188. The molecule has 0 bridgehead atoms. The number of carbonyl (C=O) groups is 2. The highest BCUT2D eigenvalue weighted by Crippen LogP contribution is 2.54. The molecule has 4 aromatic carbocycles. The summed E-state index contributed by atoms with van der Waals surface area (Å²) in [6.07, 6.45) is 0.816. The quantitative estimate of drug-likeness (QED) is 0.383. The van der Waals surface area contributed by atoms with Gasteiger partial charge in [0.15, 0.2) is 0 Å². The van der Waals surface area contributed by atoms with Crippen molar-refractivity contribution in [3.8, 4) is 11.5 Å². The summed E-state index contributed by atoms with van der Waals surface area (Å²) in [5.74, 6) is 0.810. The maximum absolute atomic E-state index is 14.2. The van der Waals surface area contributed by atoms with Crippen LogP contribution in [0.5, 0.6) is 11.5 Å². The van der Waals surface area contributed by atoms with Crippen molar-refractivity contribution in [1.82, 2.24) is 0 Å². The lowest BCUT2D eigenvalue weighted by molar-refractivity contribution is -0.122. The minimum atomic E-state index is -0.897. The molecule has 1 unspecified atom stereocenters. The van der Waals surface area contributed by atoms with Crippen molar-refractivity contribution in [3.63, 3.8) is 0 Å². The number of carbonyl (C=O) groups excluding carboxylic acids is 2. The molecule has 0 saturated heterocycles. The fourth-order valence-corrected chi connectivity index (χ4v) is 5.89. The Hall–Kier alpha value is -4.65. The number of ether oxygens (including phenoxy) is 2. The van der Waals surface area contributed by atoms with Gasteiger partial charge in [-0.3, -0.25) is 9.59 Å². The third-order valence-corrected chi connectivity index (χ3v) is 8.03. The van der Waals surface area contributed by atoms with Gasteiger partial charge in [-0.05, 0) is 60.0 Å². The van der Waals surface area contributed by atoms with Gasteiger partial charge >= 0.3 is 0 Å². The van der Waals surface area contributed by atoms with Crippen LogP contribution in [0.2, 0.25) is 0 Å². The van der Waals surface area contributed by atoms with Crippen LogP contribution in [-0.2, 0) is 23.2 Å². The number of halogens is 1. The topological polar surface area (TPSA) is 67.9 Å². The van der Waals surface area contributed by atoms with Gasteiger partial charge in [0.05, 0.1) is 13.2 Å². The molecule has 3 aliphatic heterocycles. The Kier molecular flexibility index (Phi) is 5.23. The Morgan fingerprint density at radius 1 is 0.974 bits per heavy atom. The molecule has 6 nitrogen and oxygen atoms in total. The van der Waals surface area contributed by atoms with Gasteiger partial charge in [0.1, 0.15) is 29.3 Å². The van der Waals surface area contributed by atoms with E-state index in [1.165, 1.54) is 6.07 Å². The monoisotopic (exact) mass is 520 g/mol. The number of anilines is 2. The van der Waals surface area contributed by atoms with Gasteiger partial charge < -0.3 is 19.7 Å². The highest BCUT2D eigenvalue weighted by molar-refractivity contribution is 6.11. The van der Waals surface area contributed by atoms with Gasteiger partial charge in [-0.15, -0.1) is 0 Å². The van der Waals surface area contributed by atoms with Crippen molar-refractivity contribution in [2.24, 2.45) is 0 Å². The van der Waals surface area contributed by atoms with Crippen LogP contribution in [0.25, 0.3) is 0 Å². The van der Waals surface area contributed by atoms with Gasteiger partial charge in [0.25, 0.3) is 5.91 Å². The average molecular weight is 521 g/mol. The van der Waals surface area contributed by atoms with Gasteiger partial charge in [0.2, 0.25) is 5.91 Å². The predicted octanol–water partition coefficient (Wildman–Crippen LogP) is 5.55. The van der Waals surface area contributed by atoms with E-state index in [1.807, 2.05) is 47.4 Å². The molecule has 7 rings (SSSR count). The lowest BCUT2D eigenvalue weighted by atomic mass is 9.76. The first-order chi connectivity index (χ1) is 19.0. The Morgan fingerprint density at radius 2 is 1.79 bits per heavy atom. The van der Waals surface area contributed by atoms with Crippen molar-refractivity contribution in [3.05, 3.63) is 118 Å². The van der Waals surface area contributed by atoms with Crippen molar-refractivity contribution in [2.75, 3.05) is 23.4 Å². The Balaban J connectivity index is 1.17. The zero-order valence-electron chi connectivity index (χ0n) is 21.3. The standard InChI is InChI=1S/C32H25FN2O4/c1-19-25(33)6-4-7-26(19)34-30(36)21-11-9-20(10-12-21)17-35-27-8-3-2-5-23(27)32(31(35)37)18-39-29-16-28-22(13-14-38-28)15-24(29)32/h2-12,15-16H,13-14,17-18H2,1H3,(H,34,36). The van der Waals surface area contributed by atoms with Crippen LogP contribution in [0.4, 0.5) is 15.8 Å². The van der Waals surface area contributed by atoms with Crippen molar-refractivity contribution >= 4 is 23.2 Å². The minimum absolute atomic E-state index is 0.0234. The third kappa shape index (κ3) is 3.53. The number of hydrogen-bond acceptors (Lipinski definition) is 4. The van der Waals surface area contributed by atoms with Gasteiger partial charge in [0, 0.05) is 40.6 Å². The molecule has 4 aromatic rings.